The molecular weight excluding hydrogens is 242 g/mol. The van der Waals surface area contributed by atoms with Gasteiger partial charge in [-0.2, -0.15) is 10.4 Å². The van der Waals surface area contributed by atoms with Crippen molar-refractivity contribution < 1.29 is 4.42 Å². The van der Waals surface area contributed by atoms with Crippen molar-refractivity contribution in [1.82, 2.24) is 20.2 Å². The number of aromatic nitrogens is 4. The topological polar surface area (TPSA) is 91.4 Å². The highest BCUT2D eigenvalue weighted by Crippen LogP contribution is 2.16. The van der Waals surface area contributed by atoms with E-state index in [0.717, 1.165) is 28.9 Å². The molecule has 0 aromatic carbocycles. The fraction of sp³-hybridized carbons (Fsp3) is 0.231. The number of furan rings is 1. The molecule has 0 radical (unpaired) electrons. The highest BCUT2D eigenvalue weighted by Gasteiger charge is 2.09. The molecular formula is C13H11N5O. The summed E-state index contributed by atoms with van der Waals surface area (Å²) in [5, 5.41) is 16.5. The molecule has 3 aromatic rings. The highest BCUT2D eigenvalue weighted by molar-refractivity contribution is 5.76. The van der Waals surface area contributed by atoms with Crippen LogP contribution in [-0.4, -0.2) is 20.2 Å². The molecule has 0 spiro atoms. The van der Waals surface area contributed by atoms with Gasteiger partial charge >= 0.3 is 0 Å². The molecule has 3 heterocycles. The first-order valence-corrected chi connectivity index (χ1v) is 5.91. The van der Waals surface area contributed by atoms with Crippen LogP contribution in [0.15, 0.2) is 22.7 Å². The van der Waals surface area contributed by atoms with E-state index in [1.54, 1.807) is 12.3 Å². The van der Waals surface area contributed by atoms with Gasteiger partial charge in [0.15, 0.2) is 5.65 Å². The smallest absolute Gasteiger partial charge is 0.203 e. The number of nitriles is 1. The largest absolute Gasteiger partial charge is 0.451 e. The predicted molar refractivity (Wildman–Crippen MR) is 67.3 cm³/mol. The average molecular weight is 253 g/mol. The number of aryl methyl sites for hydroxylation is 3. The molecule has 0 fully saturated rings. The Kier molecular flexibility index (Phi) is 2.72. The Morgan fingerprint density at radius 3 is 3.00 bits per heavy atom. The number of nitrogens with one attached hydrogen (secondary N) is 1. The van der Waals surface area contributed by atoms with Crippen molar-refractivity contribution in [2.75, 3.05) is 0 Å². The third kappa shape index (κ3) is 2.18. The van der Waals surface area contributed by atoms with Crippen LogP contribution in [0.3, 0.4) is 0 Å². The summed E-state index contributed by atoms with van der Waals surface area (Å²) in [7, 11) is 0. The molecule has 0 aliphatic rings. The Hall–Kier alpha value is -2.68. The Labute approximate surface area is 109 Å². The molecule has 6 nitrogen and oxygen atoms in total. The van der Waals surface area contributed by atoms with E-state index in [1.807, 2.05) is 19.1 Å². The molecule has 0 atom stereocenters. The first kappa shape index (κ1) is 11.4. The van der Waals surface area contributed by atoms with Crippen LogP contribution in [-0.2, 0) is 12.8 Å². The number of rotatable bonds is 3. The minimum atomic E-state index is 0.335. The van der Waals surface area contributed by atoms with E-state index in [0.29, 0.717) is 18.0 Å². The Morgan fingerprint density at radius 2 is 2.21 bits per heavy atom. The maximum Gasteiger partial charge on any atom is 0.203 e. The first-order chi connectivity index (χ1) is 9.26. The zero-order chi connectivity index (χ0) is 13.2. The van der Waals surface area contributed by atoms with E-state index in [4.69, 9.17) is 9.68 Å². The molecule has 0 saturated carbocycles. The SMILES string of the molecule is Cc1nc(CCc2ccc(C#N)o2)c2cn[nH]c2n1. The summed E-state index contributed by atoms with van der Waals surface area (Å²) in [6.45, 7) is 1.85. The van der Waals surface area contributed by atoms with Gasteiger partial charge in [-0.1, -0.05) is 0 Å². The fourth-order valence-corrected chi connectivity index (χ4v) is 2.02. The number of fused-ring (bicyclic) bond motifs is 1. The maximum atomic E-state index is 8.71. The first-order valence-electron chi connectivity index (χ1n) is 5.91. The van der Waals surface area contributed by atoms with Crippen molar-refractivity contribution in [3.63, 3.8) is 0 Å². The summed E-state index contributed by atoms with van der Waals surface area (Å²) in [6.07, 6.45) is 3.14. The summed E-state index contributed by atoms with van der Waals surface area (Å²) < 4.78 is 5.35. The molecule has 6 heteroatoms. The molecule has 0 amide bonds. The molecule has 0 bridgehead atoms. The van der Waals surface area contributed by atoms with Crippen molar-refractivity contribution in [3.8, 4) is 6.07 Å². The molecule has 0 saturated heterocycles. The van der Waals surface area contributed by atoms with Crippen LogP contribution in [0, 0.1) is 18.3 Å². The minimum Gasteiger partial charge on any atom is -0.451 e. The van der Waals surface area contributed by atoms with E-state index >= 15 is 0 Å². The summed E-state index contributed by atoms with van der Waals surface area (Å²) in [4.78, 5) is 8.71. The summed E-state index contributed by atoms with van der Waals surface area (Å²) in [6, 6.07) is 5.47. The Bertz CT molecular complexity index is 765. The van der Waals surface area contributed by atoms with E-state index in [-0.39, 0.29) is 0 Å². The van der Waals surface area contributed by atoms with Gasteiger partial charge in [0.2, 0.25) is 5.76 Å². The second-order valence-corrected chi connectivity index (χ2v) is 4.23. The standard InChI is InChI=1S/C13H11N5O/c1-8-16-12(11-7-15-18-13(11)17-8)5-4-9-2-3-10(6-14)19-9/h2-3,7H,4-5H2,1H3,(H,15,16,17,18). The van der Waals surface area contributed by atoms with Gasteiger partial charge in [-0.25, -0.2) is 9.97 Å². The van der Waals surface area contributed by atoms with Gasteiger partial charge in [-0.15, -0.1) is 0 Å². The van der Waals surface area contributed by atoms with E-state index in [9.17, 15) is 0 Å². The lowest BCUT2D eigenvalue weighted by atomic mass is 10.1. The van der Waals surface area contributed by atoms with Crippen molar-refractivity contribution >= 4 is 11.0 Å². The van der Waals surface area contributed by atoms with Gasteiger partial charge in [0.1, 0.15) is 17.7 Å². The van der Waals surface area contributed by atoms with Crippen molar-refractivity contribution in [2.45, 2.75) is 19.8 Å². The van der Waals surface area contributed by atoms with E-state index in [1.165, 1.54) is 0 Å². The second kappa shape index (κ2) is 4.53. The van der Waals surface area contributed by atoms with Crippen LogP contribution in [0.5, 0.6) is 0 Å². The molecule has 3 rings (SSSR count). The lowest BCUT2D eigenvalue weighted by molar-refractivity contribution is 0.496. The molecule has 1 N–H and O–H groups in total. The maximum absolute atomic E-state index is 8.71. The van der Waals surface area contributed by atoms with Crippen LogP contribution in [0.1, 0.15) is 23.0 Å². The number of hydrogen-bond donors (Lipinski definition) is 1. The van der Waals surface area contributed by atoms with Gasteiger partial charge in [-0.05, 0) is 25.5 Å². The minimum absolute atomic E-state index is 0.335. The molecule has 0 aliphatic carbocycles. The number of H-pyrrole nitrogens is 1. The van der Waals surface area contributed by atoms with Gasteiger partial charge in [-0.3, -0.25) is 5.10 Å². The fourth-order valence-electron chi connectivity index (χ4n) is 2.02. The lowest BCUT2D eigenvalue weighted by Gasteiger charge is -2.02. The second-order valence-electron chi connectivity index (χ2n) is 4.23. The predicted octanol–water partition coefficient (Wildman–Crippen LogP) is 1.91. The van der Waals surface area contributed by atoms with Gasteiger partial charge in [0.05, 0.1) is 17.3 Å². The average Bonchev–Trinajstić information content (AvgIpc) is 3.03. The van der Waals surface area contributed by atoms with Crippen LogP contribution >= 0.6 is 0 Å². The van der Waals surface area contributed by atoms with Crippen molar-refractivity contribution in [2.24, 2.45) is 0 Å². The summed E-state index contributed by atoms with van der Waals surface area (Å²) >= 11 is 0. The van der Waals surface area contributed by atoms with E-state index in [2.05, 4.69) is 20.2 Å². The molecule has 19 heavy (non-hydrogen) atoms. The zero-order valence-corrected chi connectivity index (χ0v) is 10.3. The third-order valence-corrected chi connectivity index (χ3v) is 2.88. The van der Waals surface area contributed by atoms with Crippen molar-refractivity contribution in [3.05, 3.63) is 41.4 Å². The quantitative estimate of drug-likeness (QED) is 0.769. The number of nitrogens with zero attached hydrogens (tertiary/aromatic N) is 4. The number of aromatic amines is 1. The molecule has 3 aromatic heterocycles. The third-order valence-electron chi connectivity index (χ3n) is 2.88. The zero-order valence-electron chi connectivity index (χ0n) is 10.3. The van der Waals surface area contributed by atoms with Gasteiger partial charge in [0.25, 0.3) is 0 Å². The summed E-state index contributed by atoms with van der Waals surface area (Å²) in [5.74, 6) is 1.83. The lowest BCUT2D eigenvalue weighted by Crippen LogP contribution is -1.98. The Morgan fingerprint density at radius 1 is 1.32 bits per heavy atom. The highest BCUT2D eigenvalue weighted by atomic mass is 16.3. The van der Waals surface area contributed by atoms with Crippen molar-refractivity contribution in [1.29, 1.82) is 5.26 Å². The normalized spacial score (nSPS) is 10.7. The van der Waals surface area contributed by atoms with Gasteiger partial charge < -0.3 is 4.42 Å². The molecule has 0 aliphatic heterocycles. The monoisotopic (exact) mass is 253 g/mol. The van der Waals surface area contributed by atoms with E-state index < -0.39 is 0 Å². The Balaban J connectivity index is 1.85. The number of hydrogen-bond acceptors (Lipinski definition) is 5. The van der Waals surface area contributed by atoms with Gasteiger partial charge in [0, 0.05) is 6.42 Å². The molecule has 0 unspecified atom stereocenters. The van der Waals surface area contributed by atoms with Crippen LogP contribution < -0.4 is 0 Å². The van der Waals surface area contributed by atoms with Crippen LogP contribution in [0.25, 0.3) is 11.0 Å². The summed E-state index contributed by atoms with van der Waals surface area (Å²) in [5.41, 5.74) is 1.69. The van der Waals surface area contributed by atoms with Crippen LogP contribution in [0.4, 0.5) is 0 Å². The molecule has 94 valence electrons. The van der Waals surface area contributed by atoms with Crippen LogP contribution in [0.2, 0.25) is 0 Å².